The van der Waals surface area contributed by atoms with Gasteiger partial charge in [-0.1, -0.05) is 12.1 Å². The van der Waals surface area contributed by atoms with Crippen LogP contribution in [-0.4, -0.2) is 59.0 Å². The molecule has 7 nitrogen and oxygen atoms in total. The number of piperidine rings is 1. The number of likely N-dealkylation sites (N-methyl/N-ethyl adjacent to an activating group) is 1. The smallest absolute Gasteiger partial charge is 0.410 e. The number of rotatable bonds is 3. The van der Waals surface area contributed by atoms with Gasteiger partial charge in [0.2, 0.25) is 5.91 Å². The molecule has 3 saturated heterocycles. The molecule has 3 aliphatic heterocycles. The second-order valence-corrected chi connectivity index (χ2v) is 10.5. The minimum atomic E-state index is -0.683. The molecule has 174 valence electrons. The Hall–Kier alpha value is -2.57. The van der Waals surface area contributed by atoms with Crippen LogP contribution in [0.4, 0.5) is 10.5 Å². The van der Waals surface area contributed by atoms with Gasteiger partial charge in [-0.3, -0.25) is 14.5 Å². The molecule has 3 heterocycles. The average Bonchev–Trinajstić information content (AvgIpc) is 2.90. The first-order valence-corrected chi connectivity index (χ1v) is 11.8. The summed E-state index contributed by atoms with van der Waals surface area (Å²) in [7, 11) is 1.61. The van der Waals surface area contributed by atoms with Crippen molar-refractivity contribution in [2.45, 2.75) is 76.4 Å². The van der Waals surface area contributed by atoms with Gasteiger partial charge in [0.05, 0.1) is 0 Å². The van der Waals surface area contributed by atoms with Crippen molar-refractivity contribution >= 4 is 23.6 Å². The largest absolute Gasteiger partial charge is 0.444 e. The number of carbonyl (C=O) groups excluding carboxylic acids is 3. The van der Waals surface area contributed by atoms with Crippen LogP contribution >= 0.6 is 0 Å². The van der Waals surface area contributed by atoms with Crippen molar-refractivity contribution < 1.29 is 19.1 Å². The molecule has 1 saturated carbocycles. The second kappa shape index (κ2) is 8.41. The van der Waals surface area contributed by atoms with Crippen LogP contribution in [0, 0.1) is 5.92 Å². The quantitative estimate of drug-likeness (QED) is 0.713. The van der Waals surface area contributed by atoms with Crippen LogP contribution in [0.15, 0.2) is 24.3 Å². The van der Waals surface area contributed by atoms with E-state index < -0.39 is 11.1 Å². The molecule has 1 aromatic rings. The van der Waals surface area contributed by atoms with Crippen LogP contribution in [0.1, 0.15) is 70.8 Å². The fourth-order valence-corrected chi connectivity index (χ4v) is 5.28. The zero-order valence-corrected chi connectivity index (χ0v) is 19.6. The summed E-state index contributed by atoms with van der Waals surface area (Å²) in [5, 5.41) is 3.48. The number of anilines is 1. The van der Waals surface area contributed by atoms with E-state index in [4.69, 9.17) is 4.74 Å². The number of nitrogens with one attached hydrogen (secondary N) is 1. The minimum Gasteiger partial charge on any atom is -0.444 e. The molecule has 3 amide bonds. The van der Waals surface area contributed by atoms with Crippen LogP contribution in [-0.2, 0) is 14.3 Å². The van der Waals surface area contributed by atoms with Gasteiger partial charge in [-0.05, 0) is 82.9 Å². The number of imide groups is 1. The first kappa shape index (κ1) is 22.6. The predicted octanol–water partition coefficient (Wildman–Crippen LogP) is 4.14. The monoisotopic (exact) mass is 441 g/mol. The fraction of sp³-hybridized carbons (Fsp3) is 0.640. The van der Waals surface area contributed by atoms with Crippen molar-refractivity contribution in [3.8, 4) is 0 Å². The average molecular weight is 442 g/mol. The van der Waals surface area contributed by atoms with Gasteiger partial charge in [0.15, 0.2) is 0 Å². The molecular weight excluding hydrogens is 406 g/mol. The molecule has 4 fully saturated rings. The maximum Gasteiger partial charge on any atom is 0.410 e. The molecule has 1 N–H and O–H groups in total. The number of carbonyl (C=O) groups is 3. The summed E-state index contributed by atoms with van der Waals surface area (Å²) < 4.78 is 5.49. The first-order valence-electron chi connectivity index (χ1n) is 11.8. The lowest BCUT2D eigenvalue weighted by Gasteiger charge is -2.36. The van der Waals surface area contributed by atoms with E-state index in [-0.39, 0.29) is 23.8 Å². The van der Waals surface area contributed by atoms with Crippen molar-refractivity contribution in [2.75, 3.05) is 25.5 Å². The zero-order chi connectivity index (χ0) is 23.1. The van der Waals surface area contributed by atoms with E-state index in [0.29, 0.717) is 31.8 Å². The van der Waals surface area contributed by atoms with E-state index >= 15 is 0 Å². The van der Waals surface area contributed by atoms with Crippen LogP contribution in [0.3, 0.4) is 0 Å². The molecule has 0 spiro atoms. The molecule has 0 radical (unpaired) electrons. The third kappa shape index (κ3) is 4.48. The summed E-state index contributed by atoms with van der Waals surface area (Å²) in [6.07, 6.45) is 4.48. The molecule has 1 aliphatic carbocycles. The van der Waals surface area contributed by atoms with E-state index in [2.05, 4.69) is 17.4 Å². The number of amides is 3. The summed E-state index contributed by atoms with van der Waals surface area (Å²) in [5.74, 6) is 0.236. The van der Waals surface area contributed by atoms with E-state index in [1.807, 2.05) is 32.9 Å². The Balaban J connectivity index is 1.38. The van der Waals surface area contributed by atoms with Crippen molar-refractivity contribution in [1.82, 2.24) is 9.80 Å². The van der Waals surface area contributed by atoms with Gasteiger partial charge in [-0.2, -0.15) is 0 Å². The Morgan fingerprint density at radius 3 is 2.16 bits per heavy atom. The van der Waals surface area contributed by atoms with E-state index in [1.54, 1.807) is 11.9 Å². The van der Waals surface area contributed by atoms with Gasteiger partial charge >= 0.3 is 6.09 Å². The van der Waals surface area contributed by atoms with Gasteiger partial charge in [-0.25, -0.2) is 4.79 Å². The highest BCUT2D eigenvalue weighted by molar-refractivity contribution is 6.03. The minimum absolute atomic E-state index is 0.0182. The third-order valence-electron chi connectivity index (χ3n) is 7.15. The van der Waals surface area contributed by atoms with Gasteiger partial charge in [-0.15, -0.1) is 0 Å². The summed E-state index contributed by atoms with van der Waals surface area (Å²) in [6, 6.07) is 8.32. The van der Waals surface area contributed by atoms with E-state index in [1.165, 1.54) is 10.5 Å². The van der Waals surface area contributed by atoms with Crippen LogP contribution < -0.4 is 5.32 Å². The summed E-state index contributed by atoms with van der Waals surface area (Å²) >= 11 is 0. The van der Waals surface area contributed by atoms with Crippen LogP contribution in [0.25, 0.3) is 0 Å². The third-order valence-corrected chi connectivity index (χ3v) is 7.15. The summed E-state index contributed by atoms with van der Waals surface area (Å²) in [5.41, 5.74) is 1.00. The fourth-order valence-electron chi connectivity index (χ4n) is 5.28. The molecular formula is C25H35N3O4. The van der Waals surface area contributed by atoms with E-state index in [9.17, 15) is 14.4 Å². The van der Waals surface area contributed by atoms with E-state index in [0.717, 1.165) is 31.4 Å². The molecule has 32 heavy (non-hydrogen) atoms. The maximum atomic E-state index is 13.0. The standard InChI is InChI=1S/C25H35N3O4/c1-24(2,3)32-23(31)28-15-11-18(12-16-28)17-5-7-20(8-6-17)26-25-13-9-19(10-14-25)21(29)27(4)22(25)30/h5-8,18-19,26H,9-16H2,1-4H3. The maximum absolute atomic E-state index is 13.0. The number of fused-ring (bicyclic) bond motifs is 4. The molecule has 5 rings (SSSR count). The van der Waals surface area contributed by atoms with Crippen LogP contribution in [0.5, 0.6) is 0 Å². The number of hydrogen-bond donors (Lipinski definition) is 1. The lowest BCUT2D eigenvalue weighted by Crippen LogP contribution is -2.52. The van der Waals surface area contributed by atoms with Crippen molar-refractivity contribution in [3.05, 3.63) is 29.8 Å². The number of likely N-dealkylation sites (tertiary alicyclic amines) is 1. The molecule has 1 aromatic carbocycles. The van der Waals surface area contributed by atoms with Crippen LogP contribution in [0.2, 0.25) is 0 Å². The van der Waals surface area contributed by atoms with Gasteiger partial charge in [0, 0.05) is 31.7 Å². The molecule has 7 heteroatoms. The zero-order valence-electron chi connectivity index (χ0n) is 19.6. The Labute approximate surface area is 190 Å². The molecule has 0 aromatic heterocycles. The van der Waals surface area contributed by atoms with Crippen molar-refractivity contribution in [1.29, 1.82) is 0 Å². The number of ether oxygens (including phenoxy) is 1. The predicted molar refractivity (Wildman–Crippen MR) is 122 cm³/mol. The van der Waals surface area contributed by atoms with Gasteiger partial charge in [0.1, 0.15) is 11.1 Å². The first-order chi connectivity index (χ1) is 15.1. The Morgan fingerprint density at radius 1 is 1.00 bits per heavy atom. The molecule has 0 atom stereocenters. The second-order valence-electron chi connectivity index (χ2n) is 10.5. The van der Waals surface area contributed by atoms with Crippen molar-refractivity contribution in [2.24, 2.45) is 5.92 Å². The number of benzene rings is 1. The summed E-state index contributed by atoms with van der Waals surface area (Å²) in [6.45, 7) is 7.04. The SMILES string of the molecule is CN1C(=O)C2CCC(Nc3ccc(C4CCN(C(=O)OC(C)(C)C)CC4)cc3)(CC2)C1=O. The molecule has 4 aliphatic rings. The summed E-state index contributed by atoms with van der Waals surface area (Å²) in [4.78, 5) is 40.8. The van der Waals surface area contributed by atoms with Gasteiger partial charge in [0.25, 0.3) is 5.91 Å². The van der Waals surface area contributed by atoms with Gasteiger partial charge < -0.3 is 15.0 Å². The molecule has 0 unspecified atom stereocenters. The highest BCUT2D eigenvalue weighted by Crippen LogP contribution is 2.40. The van der Waals surface area contributed by atoms with Crippen molar-refractivity contribution in [3.63, 3.8) is 0 Å². The topological polar surface area (TPSA) is 79.0 Å². The number of nitrogens with zero attached hydrogens (tertiary/aromatic N) is 2. The Kier molecular flexibility index (Phi) is 5.94. The normalized spacial score (nSPS) is 26.8. The lowest BCUT2D eigenvalue weighted by molar-refractivity contribution is -0.145. The highest BCUT2D eigenvalue weighted by atomic mass is 16.6. The molecule has 2 bridgehead atoms. The Bertz CT molecular complexity index is 873. The number of hydrogen-bond acceptors (Lipinski definition) is 5. The Morgan fingerprint density at radius 2 is 1.59 bits per heavy atom. The highest BCUT2D eigenvalue weighted by Gasteiger charge is 2.50. The lowest BCUT2D eigenvalue weighted by atomic mass is 9.77.